The van der Waals surface area contributed by atoms with Crippen LogP contribution in [0.3, 0.4) is 0 Å². The molecule has 0 fully saturated rings. The van der Waals surface area contributed by atoms with Gasteiger partial charge >= 0.3 is 5.69 Å². The van der Waals surface area contributed by atoms with Crippen LogP contribution in [0.25, 0.3) is 0 Å². The number of nitro groups is 1. The molecule has 94 valence electrons. The van der Waals surface area contributed by atoms with Gasteiger partial charge in [-0.3, -0.25) is 15.5 Å². The molecule has 0 amide bonds. The zero-order chi connectivity index (χ0) is 12.8. The van der Waals surface area contributed by atoms with E-state index in [2.05, 4.69) is 15.4 Å². The lowest BCUT2D eigenvalue weighted by Gasteiger charge is -2.07. The minimum atomic E-state index is -0.969. The van der Waals surface area contributed by atoms with Crippen LogP contribution in [0.15, 0.2) is 11.2 Å². The van der Waals surface area contributed by atoms with E-state index in [-0.39, 0.29) is 22.4 Å². The van der Waals surface area contributed by atoms with Crippen LogP contribution in [0.4, 0.5) is 11.6 Å². The smallest absolute Gasteiger partial charge is 0.319 e. The largest absolute Gasteiger partial charge is 0.394 e. The summed E-state index contributed by atoms with van der Waals surface area (Å²) in [6.07, 6.45) is 0.0550. The molecular weight excluding hydrogens is 250 g/mol. The Labute approximate surface area is 100 Å². The van der Waals surface area contributed by atoms with Crippen LogP contribution in [0.5, 0.6) is 0 Å². The number of aliphatic hydroxyl groups excluding tert-OH is 2. The van der Waals surface area contributed by atoms with Crippen molar-refractivity contribution in [1.29, 1.82) is 0 Å². The van der Waals surface area contributed by atoms with Gasteiger partial charge in [0.1, 0.15) is 6.20 Å². The van der Waals surface area contributed by atoms with E-state index >= 15 is 0 Å². The van der Waals surface area contributed by atoms with E-state index in [0.717, 1.165) is 18.0 Å². The molecule has 0 spiro atoms. The average molecular weight is 261 g/mol. The van der Waals surface area contributed by atoms with Crippen LogP contribution >= 0.6 is 11.8 Å². The van der Waals surface area contributed by atoms with Crippen LogP contribution in [0, 0.1) is 10.1 Å². The summed E-state index contributed by atoms with van der Waals surface area (Å²) in [6.45, 7) is -0.423. The van der Waals surface area contributed by atoms with Gasteiger partial charge < -0.3 is 10.2 Å². The fourth-order valence-electron chi connectivity index (χ4n) is 0.889. The topological polar surface area (TPSA) is 147 Å². The predicted molar refractivity (Wildman–Crippen MR) is 60.3 cm³/mol. The molecule has 9 nitrogen and oxygen atoms in total. The molecule has 0 aliphatic heterocycles. The Morgan fingerprint density at radius 3 is 2.94 bits per heavy atom. The number of hydrogen-bond acceptors (Lipinski definition) is 9. The maximum Gasteiger partial charge on any atom is 0.319 e. The van der Waals surface area contributed by atoms with E-state index in [4.69, 9.17) is 16.1 Å². The molecule has 1 aromatic heterocycles. The number of nitrogens with zero attached hydrogens (tertiary/aromatic N) is 3. The normalized spacial score (nSPS) is 12.2. The van der Waals surface area contributed by atoms with Crippen molar-refractivity contribution in [1.82, 2.24) is 9.97 Å². The Bertz CT molecular complexity index is 404. The Morgan fingerprint density at radius 2 is 2.41 bits per heavy atom. The standard InChI is InChI=1S/C7H11N5O4S/c8-11-7-9-1-5(12(15)16)6(10-7)17-3-4(14)2-13/h1,4,13-14H,2-3,8H2,(H,9,10,11). The number of rotatable bonds is 6. The number of hydrogen-bond donors (Lipinski definition) is 4. The monoisotopic (exact) mass is 261 g/mol. The fourth-order valence-corrected chi connectivity index (χ4v) is 1.77. The quantitative estimate of drug-likeness (QED) is 0.168. The van der Waals surface area contributed by atoms with E-state index in [1.807, 2.05) is 0 Å². The van der Waals surface area contributed by atoms with Crippen LogP contribution in [0.2, 0.25) is 0 Å². The molecule has 1 heterocycles. The third-order valence-corrected chi connectivity index (χ3v) is 2.81. The van der Waals surface area contributed by atoms with Crippen molar-refractivity contribution in [3.05, 3.63) is 16.3 Å². The summed E-state index contributed by atoms with van der Waals surface area (Å²) < 4.78 is 0. The van der Waals surface area contributed by atoms with Crippen LogP contribution < -0.4 is 11.3 Å². The first-order chi connectivity index (χ1) is 8.08. The highest BCUT2D eigenvalue weighted by Gasteiger charge is 2.18. The van der Waals surface area contributed by atoms with Crippen molar-refractivity contribution >= 4 is 23.4 Å². The van der Waals surface area contributed by atoms with Crippen molar-refractivity contribution in [2.45, 2.75) is 11.1 Å². The van der Waals surface area contributed by atoms with Crippen LogP contribution in [-0.4, -0.2) is 43.6 Å². The summed E-state index contributed by atoms with van der Waals surface area (Å²) >= 11 is 0.939. The molecule has 0 aliphatic carbocycles. The second-order valence-corrected chi connectivity index (χ2v) is 3.94. The SMILES string of the molecule is NNc1ncc([N+](=O)[O-])c(SCC(O)CO)n1. The summed E-state index contributed by atoms with van der Waals surface area (Å²) in [5.41, 5.74) is 1.89. The highest BCUT2D eigenvalue weighted by Crippen LogP contribution is 2.27. The highest BCUT2D eigenvalue weighted by atomic mass is 32.2. The lowest BCUT2D eigenvalue weighted by atomic mass is 10.4. The third-order valence-electron chi connectivity index (χ3n) is 1.68. The van der Waals surface area contributed by atoms with Gasteiger partial charge in [-0.2, -0.15) is 4.98 Å². The number of anilines is 1. The first kappa shape index (κ1) is 13.6. The Balaban J connectivity index is 2.89. The van der Waals surface area contributed by atoms with Crippen molar-refractivity contribution in [3.63, 3.8) is 0 Å². The maximum absolute atomic E-state index is 10.7. The van der Waals surface area contributed by atoms with Gasteiger partial charge in [0.15, 0.2) is 5.03 Å². The summed E-state index contributed by atoms with van der Waals surface area (Å²) in [6, 6.07) is 0. The lowest BCUT2D eigenvalue weighted by molar-refractivity contribution is -0.388. The second kappa shape index (κ2) is 6.30. The summed E-state index contributed by atoms with van der Waals surface area (Å²) in [7, 11) is 0. The van der Waals surface area contributed by atoms with Gasteiger partial charge in [0.05, 0.1) is 17.6 Å². The van der Waals surface area contributed by atoms with Crippen molar-refractivity contribution < 1.29 is 15.1 Å². The summed E-state index contributed by atoms with van der Waals surface area (Å²) in [5, 5.41) is 28.5. The first-order valence-corrected chi connectivity index (χ1v) is 5.46. The molecule has 1 atom stereocenters. The van der Waals surface area contributed by atoms with E-state index in [0.29, 0.717) is 0 Å². The molecule has 0 saturated heterocycles. The molecule has 5 N–H and O–H groups in total. The van der Waals surface area contributed by atoms with Crippen molar-refractivity contribution in [3.8, 4) is 0 Å². The van der Waals surface area contributed by atoms with Crippen LogP contribution in [0.1, 0.15) is 0 Å². The number of aliphatic hydroxyl groups is 2. The van der Waals surface area contributed by atoms with Gasteiger partial charge in [-0.05, 0) is 0 Å². The van der Waals surface area contributed by atoms with Gasteiger partial charge in [0.2, 0.25) is 5.95 Å². The zero-order valence-corrected chi connectivity index (χ0v) is 9.42. The molecule has 0 saturated carbocycles. The van der Waals surface area contributed by atoms with Crippen LogP contribution in [-0.2, 0) is 0 Å². The molecule has 1 aromatic rings. The van der Waals surface area contributed by atoms with Gasteiger partial charge in [-0.1, -0.05) is 11.8 Å². The summed E-state index contributed by atoms with van der Waals surface area (Å²) in [5.74, 6) is 5.20. The van der Waals surface area contributed by atoms with Gasteiger partial charge in [-0.15, -0.1) is 0 Å². The minimum absolute atomic E-state index is 0.0385. The maximum atomic E-state index is 10.7. The first-order valence-electron chi connectivity index (χ1n) is 4.48. The second-order valence-electron chi connectivity index (χ2n) is 2.93. The number of nitrogen functional groups attached to an aromatic ring is 1. The average Bonchev–Trinajstić information content (AvgIpc) is 2.35. The van der Waals surface area contributed by atoms with Gasteiger partial charge in [0, 0.05) is 5.75 Å². The Morgan fingerprint density at radius 1 is 1.71 bits per heavy atom. The Hall–Kier alpha value is -1.49. The Kier molecular flexibility index (Phi) is 5.03. The number of aromatic nitrogens is 2. The molecule has 0 aromatic carbocycles. The summed E-state index contributed by atoms with van der Waals surface area (Å²) in [4.78, 5) is 17.5. The number of nitrogens with two attached hydrogens (primary N) is 1. The lowest BCUT2D eigenvalue weighted by Crippen LogP contribution is -2.15. The molecule has 0 bridgehead atoms. The molecule has 10 heteroatoms. The minimum Gasteiger partial charge on any atom is -0.394 e. The van der Waals surface area contributed by atoms with E-state index < -0.39 is 17.6 Å². The van der Waals surface area contributed by atoms with Gasteiger partial charge in [0.25, 0.3) is 0 Å². The third kappa shape index (κ3) is 3.78. The zero-order valence-electron chi connectivity index (χ0n) is 8.61. The predicted octanol–water partition coefficient (Wildman–Crippen LogP) is -0.884. The molecule has 1 unspecified atom stereocenters. The number of nitrogens with one attached hydrogen (secondary N) is 1. The number of thioether (sulfide) groups is 1. The van der Waals surface area contributed by atoms with E-state index in [9.17, 15) is 10.1 Å². The molecule has 0 radical (unpaired) electrons. The van der Waals surface area contributed by atoms with E-state index in [1.54, 1.807) is 0 Å². The van der Waals surface area contributed by atoms with Gasteiger partial charge in [-0.25, -0.2) is 10.8 Å². The molecule has 0 aliphatic rings. The molecule has 1 rings (SSSR count). The molecule has 17 heavy (non-hydrogen) atoms. The van der Waals surface area contributed by atoms with Crippen molar-refractivity contribution in [2.75, 3.05) is 17.8 Å². The van der Waals surface area contributed by atoms with Crippen molar-refractivity contribution in [2.24, 2.45) is 5.84 Å². The number of hydrazine groups is 1. The fraction of sp³-hybridized carbons (Fsp3) is 0.429. The van der Waals surface area contributed by atoms with E-state index in [1.165, 1.54) is 0 Å². The molecular formula is C7H11N5O4S. The highest BCUT2D eigenvalue weighted by molar-refractivity contribution is 7.99.